The molecule has 0 saturated carbocycles. The second-order valence-corrected chi connectivity index (χ2v) is 5.15. The molecule has 2 aliphatic rings. The second-order valence-electron chi connectivity index (χ2n) is 5.15. The molecule has 0 spiro atoms. The Hall–Kier alpha value is -3.72. The minimum absolute atomic E-state index is 0.0315. The largest absolute Gasteiger partial charge is 0.427 e. The average molecular weight is 315 g/mol. The van der Waals surface area contributed by atoms with Crippen LogP contribution in [0.4, 0.5) is 0 Å². The van der Waals surface area contributed by atoms with Crippen LogP contribution in [0.3, 0.4) is 0 Å². The molecule has 0 fully saturated rings. The van der Waals surface area contributed by atoms with Crippen molar-refractivity contribution in [2.24, 2.45) is 0 Å². The fraction of sp³-hybridized carbons (Fsp3) is 0. The third-order valence-corrected chi connectivity index (χ3v) is 3.76. The summed E-state index contributed by atoms with van der Waals surface area (Å²) in [6.07, 6.45) is 0. The Morgan fingerprint density at radius 2 is 1.71 bits per heavy atom. The van der Waals surface area contributed by atoms with Crippen LogP contribution in [0, 0.1) is 22.1 Å². The van der Waals surface area contributed by atoms with Gasteiger partial charge in [-0.05, 0) is 12.1 Å². The Balaban J connectivity index is 2.17. The summed E-state index contributed by atoms with van der Waals surface area (Å²) >= 11 is 0. The lowest BCUT2D eigenvalue weighted by molar-refractivity contribution is 0.0934. The summed E-state index contributed by atoms with van der Waals surface area (Å²) in [5.41, 5.74) is 0.188. The molecule has 2 aromatic rings. The lowest BCUT2D eigenvalue weighted by Gasteiger charge is -2.04. The van der Waals surface area contributed by atoms with Crippen LogP contribution in [0.2, 0.25) is 0 Å². The number of carbonyl (C=O) groups is 1. The van der Waals surface area contributed by atoms with Crippen LogP contribution < -0.4 is 5.43 Å². The predicted octanol–water partition coefficient (Wildman–Crippen LogP) is 2.27. The van der Waals surface area contributed by atoms with Crippen molar-refractivity contribution < 1.29 is 9.21 Å². The maximum Gasteiger partial charge on any atom is 0.318 e. The number of hydrogen-bond acceptors (Lipinski definition) is 5. The zero-order valence-electron chi connectivity index (χ0n) is 12.3. The number of rotatable bonds is 1. The first-order valence-electron chi connectivity index (χ1n) is 7.15. The van der Waals surface area contributed by atoms with E-state index in [0.29, 0.717) is 16.3 Å². The monoisotopic (exact) mass is 315 g/mol. The normalized spacial score (nSPS) is 10.8. The van der Waals surface area contributed by atoms with Gasteiger partial charge in [-0.3, -0.25) is 9.59 Å². The fourth-order valence-corrected chi connectivity index (χ4v) is 2.69. The molecule has 0 saturated heterocycles. The molecular weight excluding hydrogens is 306 g/mol. The van der Waals surface area contributed by atoms with Crippen molar-refractivity contribution in [2.45, 2.75) is 0 Å². The molecular formula is C18H9N3O3. The third-order valence-electron chi connectivity index (χ3n) is 3.76. The number of aromatic nitrogens is 2. The SMILES string of the molecule is N#Cc1nn(C(=O)c2ccccc2)c2c(=O)c3ccccc3c=2o1. The number of nitriles is 1. The number of fused-ring (bicyclic) bond motifs is 2. The molecule has 1 aliphatic carbocycles. The highest BCUT2D eigenvalue weighted by atomic mass is 16.3. The van der Waals surface area contributed by atoms with E-state index in [1.54, 1.807) is 60.7 Å². The van der Waals surface area contributed by atoms with Crippen molar-refractivity contribution in [1.29, 1.82) is 5.26 Å². The van der Waals surface area contributed by atoms with Crippen molar-refractivity contribution in [3.05, 3.63) is 87.0 Å². The van der Waals surface area contributed by atoms with Crippen LogP contribution in [0.15, 0.2) is 63.8 Å². The lowest BCUT2D eigenvalue weighted by Crippen LogP contribution is -2.22. The van der Waals surface area contributed by atoms with Crippen LogP contribution in [-0.4, -0.2) is 15.7 Å². The Labute approximate surface area is 134 Å². The maximum absolute atomic E-state index is 12.8. The zero-order chi connectivity index (χ0) is 16.7. The van der Waals surface area contributed by atoms with Gasteiger partial charge >= 0.3 is 5.89 Å². The molecule has 2 aromatic carbocycles. The molecule has 0 bridgehead atoms. The summed E-state index contributed by atoms with van der Waals surface area (Å²) < 4.78 is 6.38. The standard InChI is InChI=1S/C18H9N3O3/c19-10-14-20-21(18(23)11-6-2-1-3-7-11)15-16(22)12-8-4-5-9-13(12)17(15)24-14/h1-9H. The third kappa shape index (κ3) is 1.92. The molecule has 114 valence electrons. The van der Waals surface area contributed by atoms with Gasteiger partial charge in [0.1, 0.15) is 0 Å². The molecule has 24 heavy (non-hydrogen) atoms. The van der Waals surface area contributed by atoms with Gasteiger partial charge in [0.15, 0.2) is 16.8 Å². The summed E-state index contributed by atoms with van der Waals surface area (Å²) in [4.78, 5) is 25.5. The van der Waals surface area contributed by atoms with Crippen LogP contribution in [-0.2, 0) is 0 Å². The van der Waals surface area contributed by atoms with Crippen molar-refractivity contribution >= 4 is 16.7 Å². The minimum Gasteiger partial charge on any atom is -0.427 e. The van der Waals surface area contributed by atoms with E-state index in [9.17, 15) is 9.59 Å². The van der Waals surface area contributed by atoms with Gasteiger partial charge in [-0.25, -0.2) is 0 Å². The predicted molar refractivity (Wildman–Crippen MR) is 84.5 cm³/mol. The molecule has 4 rings (SSSR count). The minimum atomic E-state index is -0.500. The summed E-state index contributed by atoms with van der Waals surface area (Å²) in [5.74, 6) is -0.789. The van der Waals surface area contributed by atoms with Gasteiger partial charge in [-0.2, -0.15) is 9.94 Å². The van der Waals surface area contributed by atoms with Gasteiger partial charge in [0.2, 0.25) is 5.43 Å². The summed E-state index contributed by atoms with van der Waals surface area (Å²) in [7, 11) is 0. The van der Waals surface area contributed by atoms with E-state index in [0.717, 1.165) is 4.68 Å². The molecule has 6 nitrogen and oxygen atoms in total. The molecule has 0 N–H and O–H groups in total. The first kappa shape index (κ1) is 13.9. The molecule has 0 radical (unpaired) electrons. The highest BCUT2D eigenvalue weighted by Gasteiger charge is 2.19. The van der Waals surface area contributed by atoms with Crippen LogP contribution in [0.25, 0.3) is 10.8 Å². The number of carbonyl (C=O) groups excluding carboxylic acids is 1. The van der Waals surface area contributed by atoms with Crippen LogP contribution in [0.5, 0.6) is 0 Å². The number of hydrogen-bond donors (Lipinski definition) is 0. The molecule has 0 aromatic heterocycles. The molecule has 0 unspecified atom stereocenters. The molecule has 0 amide bonds. The summed E-state index contributed by atoms with van der Waals surface area (Å²) in [6.45, 7) is 0. The molecule has 6 heteroatoms. The second kappa shape index (κ2) is 5.18. The van der Waals surface area contributed by atoms with Crippen LogP contribution >= 0.6 is 0 Å². The van der Waals surface area contributed by atoms with Gasteiger partial charge in [0, 0.05) is 16.3 Å². The topological polar surface area (TPSA) is 88.9 Å². The van der Waals surface area contributed by atoms with Gasteiger partial charge < -0.3 is 4.42 Å². The van der Waals surface area contributed by atoms with Crippen LogP contribution in [0.1, 0.15) is 16.2 Å². The number of benzene rings is 2. The van der Waals surface area contributed by atoms with Gasteiger partial charge in [-0.1, -0.05) is 42.5 Å². The highest BCUT2D eigenvalue weighted by molar-refractivity contribution is 5.95. The zero-order valence-corrected chi connectivity index (χ0v) is 12.3. The molecule has 1 aliphatic heterocycles. The Morgan fingerprint density at radius 1 is 1.04 bits per heavy atom. The van der Waals surface area contributed by atoms with Gasteiger partial charge in [0.25, 0.3) is 5.91 Å². The van der Waals surface area contributed by atoms with E-state index < -0.39 is 5.91 Å². The Bertz CT molecular complexity index is 1250. The Kier molecular flexibility index (Phi) is 3.00. The van der Waals surface area contributed by atoms with Crippen molar-refractivity contribution in [3.63, 3.8) is 0 Å². The quantitative estimate of drug-likeness (QED) is 0.537. The first-order chi connectivity index (χ1) is 11.7. The Morgan fingerprint density at radius 3 is 2.42 bits per heavy atom. The van der Waals surface area contributed by atoms with E-state index in [1.165, 1.54) is 0 Å². The van der Waals surface area contributed by atoms with E-state index >= 15 is 0 Å². The molecule has 1 heterocycles. The summed E-state index contributed by atoms with van der Waals surface area (Å²) in [6, 6.07) is 17.1. The first-order valence-corrected chi connectivity index (χ1v) is 7.15. The maximum atomic E-state index is 12.8. The van der Waals surface area contributed by atoms with Crippen molar-refractivity contribution in [2.75, 3.05) is 0 Å². The number of nitrogens with zero attached hydrogens (tertiary/aromatic N) is 3. The lowest BCUT2D eigenvalue weighted by atomic mass is 10.2. The van der Waals surface area contributed by atoms with E-state index in [2.05, 4.69) is 5.10 Å². The van der Waals surface area contributed by atoms with E-state index in [4.69, 9.17) is 9.68 Å². The van der Waals surface area contributed by atoms with E-state index in [1.807, 2.05) is 0 Å². The smallest absolute Gasteiger partial charge is 0.318 e. The average Bonchev–Trinajstić information content (AvgIpc) is 2.94. The van der Waals surface area contributed by atoms with Gasteiger partial charge in [-0.15, -0.1) is 5.10 Å². The van der Waals surface area contributed by atoms with E-state index in [-0.39, 0.29) is 22.1 Å². The molecule has 0 atom stereocenters. The van der Waals surface area contributed by atoms with Gasteiger partial charge in [0.05, 0.1) is 0 Å². The highest BCUT2D eigenvalue weighted by Crippen LogP contribution is 2.16. The fourth-order valence-electron chi connectivity index (χ4n) is 2.69. The summed E-state index contributed by atoms with van der Waals surface area (Å²) in [5, 5.41) is 14.0. The van der Waals surface area contributed by atoms with Crippen molar-refractivity contribution in [1.82, 2.24) is 9.78 Å². The van der Waals surface area contributed by atoms with Crippen molar-refractivity contribution in [3.8, 4) is 6.07 Å².